The van der Waals surface area contributed by atoms with Crippen molar-refractivity contribution in [2.24, 2.45) is 0 Å². The number of anilines is 3. The molecule has 0 saturated carbocycles. The Morgan fingerprint density at radius 3 is 2.49 bits per heavy atom. The fourth-order valence-electron chi connectivity index (χ4n) is 6.56. The molecular formula is C32H36N8O3. The number of hydrogen-bond acceptors (Lipinski definition) is 10. The summed E-state index contributed by atoms with van der Waals surface area (Å²) in [6, 6.07) is 15.0. The van der Waals surface area contributed by atoms with Gasteiger partial charge in [-0.25, -0.2) is 4.98 Å². The molecule has 2 bridgehead atoms. The van der Waals surface area contributed by atoms with Crippen LogP contribution in [-0.2, 0) is 11.0 Å². The molecule has 222 valence electrons. The van der Waals surface area contributed by atoms with Gasteiger partial charge in [-0.15, -0.1) is 0 Å². The Balaban J connectivity index is 1.23. The SMILES string of the molecule is CN1C(=O)c2ccc(Nc3ncc(-c4nc(C56CCN(CC5)CC6)no4)c(N[C@H](CO)c4ccccc4)n3)cc2C1(C)C. The minimum absolute atomic E-state index is 0.00634. The monoisotopic (exact) mass is 580 g/mol. The maximum absolute atomic E-state index is 12.7. The Hall–Kier alpha value is -4.35. The second-order valence-corrected chi connectivity index (χ2v) is 12.3. The highest BCUT2D eigenvalue weighted by Gasteiger charge is 2.44. The average molecular weight is 581 g/mol. The van der Waals surface area contributed by atoms with Crippen LogP contribution in [0.5, 0.6) is 0 Å². The number of nitrogens with zero attached hydrogens (tertiary/aromatic N) is 6. The Morgan fingerprint density at radius 2 is 1.77 bits per heavy atom. The van der Waals surface area contributed by atoms with Crippen molar-refractivity contribution in [1.29, 1.82) is 0 Å². The van der Waals surface area contributed by atoms with E-state index in [4.69, 9.17) is 14.5 Å². The smallest absolute Gasteiger partial charge is 0.263 e. The molecule has 4 aliphatic rings. The first kappa shape index (κ1) is 27.5. The van der Waals surface area contributed by atoms with Crippen LogP contribution in [-0.4, -0.2) is 74.2 Å². The molecule has 2 aromatic carbocycles. The first-order valence-electron chi connectivity index (χ1n) is 14.8. The van der Waals surface area contributed by atoms with Gasteiger partial charge >= 0.3 is 0 Å². The molecule has 2 aromatic heterocycles. The maximum atomic E-state index is 12.7. The number of aromatic nitrogens is 4. The second-order valence-electron chi connectivity index (χ2n) is 12.3. The fourth-order valence-corrected chi connectivity index (χ4v) is 6.56. The first-order chi connectivity index (χ1) is 20.8. The number of carbonyl (C=O) groups is 1. The topological polar surface area (TPSA) is 133 Å². The number of nitrogens with one attached hydrogen (secondary N) is 2. The number of rotatable bonds is 8. The van der Waals surface area contributed by atoms with E-state index < -0.39 is 11.6 Å². The lowest BCUT2D eigenvalue weighted by Crippen LogP contribution is -2.51. The number of fused-ring (bicyclic) bond motifs is 4. The molecule has 6 heterocycles. The van der Waals surface area contributed by atoms with Crippen molar-refractivity contribution in [3.05, 3.63) is 77.2 Å². The molecule has 8 rings (SSSR count). The van der Waals surface area contributed by atoms with Crippen molar-refractivity contribution in [2.45, 2.75) is 50.1 Å². The molecule has 0 unspecified atom stereocenters. The van der Waals surface area contributed by atoms with Gasteiger partial charge in [-0.2, -0.15) is 9.97 Å². The van der Waals surface area contributed by atoms with E-state index in [0.717, 1.165) is 61.5 Å². The van der Waals surface area contributed by atoms with Crippen molar-refractivity contribution in [1.82, 2.24) is 29.9 Å². The van der Waals surface area contributed by atoms with Crippen molar-refractivity contribution in [3.8, 4) is 11.5 Å². The molecule has 4 aromatic rings. The number of hydrogen-bond donors (Lipinski definition) is 3. The molecule has 11 heteroatoms. The number of aliphatic hydroxyl groups is 1. The van der Waals surface area contributed by atoms with Gasteiger partial charge in [0.15, 0.2) is 5.82 Å². The molecule has 0 spiro atoms. The number of aliphatic hydroxyl groups excluding tert-OH is 1. The van der Waals surface area contributed by atoms with E-state index in [9.17, 15) is 9.90 Å². The first-order valence-corrected chi connectivity index (χ1v) is 14.8. The van der Waals surface area contributed by atoms with Crippen molar-refractivity contribution < 1.29 is 14.4 Å². The van der Waals surface area contributed by atoms with Crippen molar-refractivity contribution in [2.75, 3.05) is 43.9 Å². The zero-order chi connectivity index (χ0) is 29.8. The molecular weight excluding hydrogens is 544 g/mol. The summed E-state index contributed by atoms with van der Waals surface area (Å²) in [5.74, 6) is 1.91. The lowest BCUT2D eigenvalue weighted by atomic mass is 9.71. The van der Waals surface area contributed by atoms with Gasteiger partial charge in [0.1, 0.15) is 11.4 Å². The van der Waals surface area contributed by atoms with E-state index in [1.165, 1.54) is 0 Å². The van der Waals surface area contributed by atoms with Crippen LogP contribution in [0.25, 0.3) is 11.5 Å². The number of piperidine rings is 3. The van der Waals surface area contributed by atoms with Crippen LogP contribution in [0, 0.1) is 0 Å². The summed E-state index contributed by atoms with van der Waals surface area (Å²) in [4.78, 5) is 31.3. The van der Waals surface area contributed by atoms with E-state index in [-0.39, 0.29) is 17.9 Å². The fraction of sp³-hybridized carbons (Fsp3) is 0.406. The summed E-state index contributed by atoms with van der Waals surface area (Å²) in [6.45, 7) is 7.08. The normalized spacial score (nSPS) is 22.8. The lowest BCUT2D eigenvalue weighted by molar-refractivity contribution is 0.0691. The highest BCUT2D eigenvalue weighted by molar-refractivity contribution is 6.00. The van der Waals surface area contributed by atoms with Crippen LogP contribution < -0.4 is 10.6 Å². The highest BCUT2D eigenvalue weighted by atomic mass is 16.5. The minimum atomic E-state index is -0.435. The number of benzene rings is 2. The van der Waals surface area contributed by atoms with Gasteiger partial charge in [0, 0.05) is 29.9 Å². The van der Waals surface area contributed by atoms with Crippen LogP contribution >= 0.6 is 0 Å². The van der Waals surface area contributed by atoms with Gasteiger partial charge in [0.05, 0.1) is 18.2 Å². The van der Waals surface area contributed by atoms with E-state index in [1.807, 2.05) is 69.4 Å². The highest BCUT2D eigenvalue weighted by Crippen LogP contribution is 2.43. The molecule has 3 N–H and O–H groups in total. The predicted molar refractivity (Wildman–Crippen MR) is 162 cm³/mol. The average Bonchev–Trinajstić information content (AvgIpc) is 3.61. The van der Waals surface area contributed by atoms with Gasteiger partial charge in [0.25, 0.3) is 11.8 Å². The third-order valence-corrected chi connectivity index (χ3v) is 9.64. The zero-order valence-corrected chi connectivity index (χ0v) is 24.7. The standard InChI is InChI=1S/C32H36N8O3/c1-31(2)24-17-21(9-10-22(24)28(42)39(31)3)34-30-33-18-23(26(36-30)35-25(19-41)20-7-5-4-6-8-20)27-37-29(38-43-27)32-11-14-40(15-12-32)16-13-32/h4-10,17-18,25,41H,11-16,19H2,1-3H3,(H2,33,34,35,36)/t25-/m1/s1. The molecule has 3 fully saturated rings. The Kier molecular flexibility index (Phi) is 6.66. The van der Waals surface area contributed by atoms with Crippen LogP contribution in [0.1, 0.15) is 66.5 Å². The predicted octanol–water partition coefficient (Wildman–Crippen LogP) is 4.47. The van der Waals surface area contributed by atoms with Crippen LogP contribution in [0.2, 0.25) is 0 Å². The largest absolute Gasteiger partial charge is 0.394 e. The molecule has 1 amide bonds. The number of amides is 1. The van der Waals surface area contributed by atoms with Crippen LogP contribution in [0.15, 0.2) is 59.3 Å². The van der Waals surface area contributed by atoms with E-state index in [0.29, 0.717) is 28.8 Å². The van der Waals surface area contributed by atoms with Crippen LogP contribution in [0.3, 0.4) is 0 Å². The molecule has 0 radical (unpaired) electrons. The molecule has 4 aliphatic heterocycles. The minimum Gasteiger partial charge on any atom is -0.394 e. The van der Waals surface area contributed by atoms with Crippen LogP contribution in [0.4, 0.5) is 17.5 Å². The summed E-state index contributed by atoms with van der Waals surface area (Å²) < 4.78 is 5.85. The summed E-state index contributed by atoms with van der Waals surface area (Å²) >= 11 is 0. The van der Waals surface area contributed by atoms with Gasteiger partial charge in [-0.05, 0) is 82.1 Å². The Labute approximate surface area is 250 Å². The summed E-state index contributed by atoms with van der Waals surface area (Å²) in [7, 11) is 1.82. The Morgan fingerprint density at radius 1 is 1.02 bits per heavy atom. The lowest BCUT2D eigenvalue weighted by Gasteiger charge is -2.46. The summed E-state index contributed by atoms with van der Waals surface area (Å²) in [6.07, 6.45) is 4.74. The maximum Gasteiger partial charge on any atom is 0.263 e. The van der Waals surface area contributed by atoms with Gasteiger partial charge in [0.2, 0.25) is 5.95 Å². The zero-order valence-electron chi connectivity index (χ0n) is 24.7. The van der Waals surface area contributed by atoms with Crippen molar-refractivity contribution in [3.63, 3.8) is 0 Å². The van der Waals surface area contributed by atoms with E-state index in [2.05, 4.69) is 25.7 Å². The molecule has 0 aliphatic carbocycles. The third kappa shape index (κ3) is 4.72. The van der Waals surface area contributed by atoms with E-state index >= 15 is 0 Å². The third-order valence-electron chi connectivity index (χ3n) is 9.64. The second kappa shape index (κ2) is 10.4. The quantitative estimate of drug-likeness (QED) is 0.274. The molecule has 11 nitrogen and oxygen atoms in total. The van der Waals surface area contributed by atoms with E-state index in [1.54, 1.807) is 11.1 Å². The number of carbonyl (C=O) groups excluding carboxylic acids is 1. The van der Waals surface area contributed by atoms with Gasteiger partial charge in [-0.3, -0.25) is 4.79 Å². The summed E-state index contributed by atoms with van der Waals surface area (Å²) in [5, 5.41) is 21.5. The molecule has 1 atom stereocenters. The molecule has 43 heavy (non-hydrogen) atoms. The van der Waals surface area contributed by atoms with Gasteiger partial charge < -0.3 is 30.1 Å². The summed E-state index contributed by atoms with van der Waals surface area (Å²) in [5.41, 5.74) is 3.38. The Bertz CT molecular complexity index is 1650. The molecule has 3 saturated heterocycles. The van der Waals surface area contributed by atoms with Gasteiger partial charge in [-0.1, -0.05) is 35.5 Å². The van der Waals surface area contributed by atoms with Crippen molar-refractivity contribution >= 4 is 23.4 Å².